The number of hydrogen-bond donors (Lipinski definition) is 0. The summed E-state index contributed by atoms with van der Waals surface area (Å²) in [6.45, 7) is 1.92. The zero-order valence-corrected chi connectivity index (χ0v) is 16.4. The van der Waals surface area contributed by atoms with Crippen LogP contribution in [-0.2, 0) is 16.0 Å². The summed E-state index contributed by atoms with van der Waals surface area (Å²) in [5.41, 5.74) is 3.73. The largest absolute Gasteiger partial charge is 0.466 e. The van der Waals surface area contributed by atoms with E-state index in [1.165, 1.54) is 24.8 Å². The number of benzene rings is 1. The summed E-state index contributed by atoms with van der Waals surface area (Å²) in [5, 5.41) is 4.41. The Morgan fingerprint density at radius 3 is 3.07 bits per heavy atom. The number of halogens is 1. The second-order valence-corrected chi connectivity index (χ2v) is 7.28. The van der Waals surface area contributed by atoms with Crippen LogP contribution < -0.4 is 0 Å². The fourth-order valence-electron chi connectivity index (χ4n) is 4.03. The molecule has 1 aliphatic heterocycles. The van der Waals surface area contributed by atoms with Crippen molar-refractivity contribution in [2.24, 2.45) is 0 Å². The number of aromatic nitrogens is 2. The van der Waals surface area contributed by atoms with E-state index in [1.54, 1.807) is 12.1 Å². The number of rotatable bonds is 6. The lowest BCUT2D eigenvalue weighted by atomic mass is 10.0. The van der Waals surface area contributed by atoms with Crippen LogP contribution in [0.25, 0.3) is 11.6 Å². The van der Waals surface area contributed by atoms with Gasteiger partial charge in [-0.05, 0) is 61.2 Å². The third-order valence-electron chi connectivity index (χ3n) is 5.55. The number of methoxy groups -OCH3 is 1. The summed E-state index contributed by atoms with van der Waals surface area (Å²) in [4.78, 5) is 13.6. The van der Waals surface area contributed by atoms with Gasteiger partial charge in [0.1, 0.15) is 5.82 Å². The molecule has 1 fully saturated rings. The maximum absolute atomic E-state index is 14.5. The maximum Gasteiger partial charge on any atom is 0.330 e. The molecule has 0 unspecified atom stereocenters. The smallest absolute Gasteiger partial charge is 0.330 e. The van der Waals surface area contributed by atoms with Crippen molar-refractivity contribution >= 4 is 17.6 Å². The van der Waals surface area contributed by atoms with Gasteiger partial charge in [0.25, 0.3) is 0 Å². The van der Waals surface area contributed by atoms with Gasteiger partial charge < -0.3 is 4.74 Å². The summed E-state index contributed by atoms with van der Waals surface area (Å²) in [7, 11) is 1.30. The van der Waals surface area contributed by atoms with Gasteiger partial charge in [0, 0.05) is 30.4 Å². The van der Waals surface area contributed by atoms with E-state index in [4.69, 9.17) is 0 Å². The van der Waals surface area contributed by atoms with Crippen LogP contribution in [-0.4, -0.2) is 40.7 Å². The van der Waals surface area contributed by atoms with Crippen LogP contribution in [0.2, 0.25) is 0 Å². The molecule has 2 aromatic heterocycles. The molecule has 3 aromatic rings. The fourth-order valence-corrected chi connectivity index (χ4v) is 4.03. The van der Waals surface area contributed by atoms with Gasteiger partial charge in [-0.15, -0.1) is 0 Å². The Balaban J connectivity index is 1.46. The number of esters is 1. The molecular formula is C23H24FN3O2. The van der Waals surface area contributed by atoms with Gasteiger partial charge >= 0.3 is 5.97 Å². The van der Waals surface area contributed by atoms with Crippen molar-refractivity contribution in [2.45, 2.75) is 25.3 Å². The molecule has 0 radical (unpaired) electrons. The van der Waals surface area contributed by atoms with Crippen molar-refractivity contribution in [3.63, 3.8) is 0 Å². The molecule has 6 heteroatoms. The van der Waals surface area contributed by atoms with Gasteiger partial charge in [-0.25, -0.2) is 13.7 Å². The first-order valence-corrected chi connectivity index (χ1v) is 9.86. The topological polar surface area (TPSA) is 46.8 Å². The predicted molar refractivity (Wildman–Crippen MR) is 110 cm³/mol. The molecule has 29 heavy (non-hydrogen) atoms. The monoisotopic (exact) mass is 393 g/mol. The zero-order valence-electron chi connectivity index (χ0n) is 16.4. The second kappa shape index (κ2) is 8.57. The molecule has 0 bridgehead atoms. The molecular weight excluding hydrogens is 369 g/mol. The molecule has 1 saturated heterocycles. The third kappa shape index (κ3) is 4.22. The standard InChI is InChI=1S/C23H24FN3O2/c1-29-23(28)10-9-17-7-8-18(15-20(17)24)21-6-4-12-26(21)14-11-19-16-25-27-13-3-2-5-22(19)27/h2-3,5,7-10,13,15-16,21H,4,6,11-12,14H2,1H3/t21-/m0/s1. The minimum atomic E-state index is -0.497. The zero-order chi connectivity index (χ0) is 20.2. The number of nitrogens with zero attached hydrogens (tertiary/aromatic N) is 3. The second-order valence-electron chi connectivity index (χ2n) is 7.28. The quantitative estimate of drug-likeness (QED) is 0.468. The highest BCUT2D eigenvalue weighted by Gasteiger charge is 2.26. The van der Waals surface area contributed by atoms with Crippen molar-refractivity contribution < 1.29 is 13.9 Å². The van der Waals surface area contributed by atoms with Crippen molar-refractivity contribution in [1.29, 1.82) is 0 Å². The summed E-state index contributed by atoms with van der Waals surface area (Å²) in [5.74, 6) is -0.819. The molecule has 1 atom stereocenters. The van der Waals surface area contributed by atoms with Crippen LogP contribution >= 0.6 is 0 Å². The Morgan fingerprint density at radius 2 is 2.24 bits per heavy atom. The fraction of sp³-hybridized carbons (Fsp3) is 0.304. The van der Waals surface area contributed by atoms with Gasteiger partial charge in [0.05, 0.1) is 18.8 Å². The summed E-state index contributed by atoms with van der Waals surface area (Å²) in [6, 6.07) is 11.6. The number of pyridine rings is 1. The minimum absolute atomic E-state index is 0.213. The molecule has 1 aromatic carbocycles. The van der Waals surface area contributed by atoms with Crippen LogP contribution in [0.4, 0.5) is 4.39 Å². The molecule has 150 valence electrons. The Bertz CT molecular complexity index is 1040. The van der Waals surface area contributed by atoms with Gasteiger partial charge in [0.15, 0.2) is 0 Å². The molecule has 1 aliphatic rings. The van der Waals surface area contributed by atoms with Crippen molar-refractivity contribution in [2.75, 3.05) is 20.2 Å². The van der Waals surface area contributed by atoms with Crippen LogP contribution in [0, 0.1) is 5.82 Å². The Labute approximate surface area is 169 Å². The summed E-state index contributed by atoms with van der Waals surface area (Å²) >= 11 is 0. The summed E-state index contributed by atoms with van der Waals surface area (Å²) in [6.07, 6.45) is 9.60. The van der Waals surface area contributed by atoms with E-state index in [2.05, 4.69) is 20.8 Å². The molecule has 0 aliphatic carbocycles. The first-order chi connectivity index (χ1) is 14.2. The molecule has 0 amide bonds. The van der Waals surface area contributed by atoms with Crippen LogP contribution in [0.3, 0.4) is 0 Å². The predicted octanol–water partition coefficient (Wildman–Crippen LogP) is 4.04. The molecule has 0 saturated carbocycles. The van der Waals surface area contributed by atoms with Crippen LogP contribution in [0.5, 0.6) is 0 Å². The van der Waals surface area contributed by atoms with Crippen molar-refractivity contribution in [1.82, 2.24) is 14.5 Å². The lowest BCUT2D eigenvalue weighted by Gasteiger charge is -2.25. The lowest BCUT2D eigenvalue weighted by Crippen LogP contribution is -2.25. The van der Waals surface area contributed by atoms with Crippen LogP contribution in [0.15, 0.2) is 54.9 Å². The van der Waals surface area contributed by atoms with E-state index in [1.807, 2.05) is 35.1 Å². The van der Waals surface area contributed by atoms with E-state index in [0.717, 1.165) is 43.4 Å². The number of carbonyl (C=O) groups is 1. The van der Waals surface area contributed by atoms with E-state index < -0.39 is 5.97 Å². The number of hydrogen-bond acceptors (Lipinski definition) is 4. The lowest BCUT2D eigenvalue weighted by molar-refractivity contribution is -0.134. The Hall–Kier alpha value is -2.99. The Morgan fingerprint density at radius 1 is 1.34 bits per heavy atom. The molecule has 4 rings (SSSR count). The van der Waals surface area contributed by atoms with E-state index >= 15 is 0 Å². The molecule has 0 spiro atoms. The van der Waals surface area contributed by atoms with Crippen LogP contribution in [0.1, 0.15) is 35.6 Å². The summed E-state index contributed by atoms with van der Waals surface area (Å²) < 4.78 is 21.0. The number of ether oxygens (including phenoxy) is 1. The maximum atomic E-state index is 14.5. The molecule has 5 nitrogen and oxygen atoms in total. The van der Waals surface area contributed by atoms with Gasteiger partial charge in [-0.1, -0.05) is 18.2 Å². The van der Waals surface area contributed by atoms with Gasteiger partial charge in [0.2, 0.25) is 0 Å². The highest BCUT2D eigenvalue weighted by Crippen LogP contribution is 2.33. The van der Waals surface area contributed by atoms with E-state index in [-0.39, 0.29) is 11.9 Å². The molecule has 3 heterocycles. The van der Waals surface area contributed by atoms with Crippen molar-refractivity contribution in [3.8, 4) is 0 Å². The molecule has 0 N–H and O–H groups in total. The minimum Gasteiger partial charge on any atom is -0.466 e. The average Bonchev–Trinajstić information content (AvgIpc) is 3.38. The SMILES string of the molecule is COC(=O)C=Cc1ccc([C@@H]2CCCN2CCc2cnn3ccccc23)cc1F. The van der Waals surface area contributed by atoms with E-state index in [0.29, 0.717) is 5.56 Å². The van der Waals surface area contributed by atoms with Gasteiger partial charge in [-0.2, -0.15) is 5.10 Å². The highest BCUT2D eigenvalue weighted by atomic mass is 19.1. The van der Waals surface area contributed by atoms with Gasteiger partial charge in [-0.3, -0.25) is 4.90 Å². The Kier molecular flexibility index (Phi) is 5.71. The third-order valence-corrected chi connectivity index (χ3v) is 5.55. The number of carbonyl (C=O) groups excluding carboxylic acids is 1. The normalized spacial score (nSPS) is 17.4. The average molecular weight is 393 g/mol. The number of fused-ring (bicyclic) bond motifs is 1. The first-order valence-electron chi connectivity index (χ1n) is 9.86. The van der Waals surface area contributed by atoms with Crippen molar-refractivity contribution in [3.05, 3.63) is 77.4 Å². The van der Waals surface area contributed by atoms with E-state index in [9.17, 15) is 9.18 Å². The number of likely N-dealkylation sites (tertiary alicyclic amines) is 1. The first kappa shape index (κ1) is 19.3. The highest BCUT2D eigenvalue weighted by molar-refractivity contribution is 5.86.